The SMILES string of the molecule is CC[C@@]1(C)NC(=O)N(C(C)S)C1=O. The van der Waals surface area contributed by atoms with Crippen molar-refractivity contribution in [2.45, 2.75) is 38.1 Å². The zero-order valence-electron chi connectivity index (χ0n) is 8.00. The lowest BCUT2D eigenvalue weighted by Gasteiger charge is -2.20. The van der Waals surface area contributed by atoms with Gasteiger partial charge in [-0.25, -0.2) is 4.79 Å². The molecule has 4 nitrogen and oxygen atoms in total. The Morgan fingerprint density at radius 2 is 2.15 bits per heavy atom. The van der Waals surface area contributed by atoms with E-state index in [0.29, 0.717) is 6.42 Å². The van der Waals surface area contributed by atoms with Crippen LogP contribution in [-0.4, -0.2) is 27.8 Å². The summed E-state index contributed by atoms with van der Waals surface area (Å²) in [6, 6.07) is -0.350. The van der Waals surface area contributed by atoms with Gasteiger partial charge in [0.25, 0.3) is 5.91 Å². The van der Waals surface area contributed by atoms with Gasteiger partial charge in [0.05, 0.1) is 5.37 Å². The molecule has 0 aromatic heterocycles. The first-order chi connectivity index (χ1) is 5.92. The molecule has 1 N–H and O–H groups in total. The smallest absolute Gasteiger partial charge is 0.323 e. The van der Waals surface area contributed by atoms with E-state index in [1.165, 1.54) is 0 Å². The maximum Gasteiger partial charge on any atom is 0.325 e. The number of amides is 3. The number of nitrogens with zero attached hydrogens (tertiary/aromatic N) is 1. The van der Waals surface area contributed by atoms with Crippen molar-refractivity contribution < 1.29 is 9.59 Å². The van der Waals surface area contributed by atoms with E-state index in [0.717, 1.165) is 4.90 Å². The molecule has 0 bridgehead atoms. The molecule has 13 heavy (non-hydrogen) atoms. The van der Waals surface area contributed by atoms with Crippen LogP contribution in [0.4, 0.5) is 4.79 Å². The van der Waals surface area contributed by atoms with Crippen LogP contribution >= 0.6 is 12.6 Å². The summed E-state index contributed by atoms with van der Waals surface area (Å²) in [6.45, 7) is 5.29. The van der Waals surface area contributed by atoms with E-state index in [1.54, 1.807) is 13.8 Å². The van der Waals surface area contributed by atoms with E-state index in [2.05, 4.69) is 17.9 Å². The molecule has 5 heteroatoms. The van der Waals surface area contributed by atoms with E-state index >= 15 is 0 Å². The largest absolute Gasteiger partial charge is 0.325 e. The Hall–Kier alpha value is -0.710. The molecular weight excluding hydrogens is 188 g/mol. The summed E-state index contributed by atoms with van der Waals surface area (Å²) in [5.74, 6) is -0.192. The molecule has 1 aliphatic heterocycles. The molecule has 0 aromatic carbocycles. The van der Waals surface area contributed by atoms with Gasteiger partial charge < -0.3 is 5.32 Å². The van der Waals surface area contributed by atoms with Crippen molar-refractivity contribution in [3.05, 3.63) is 0 Å². The summed E-state index contributed by atoms with van der Waals surface area (Å²) in [7, 11) is 0. The fourth-order valence-electron chi connectivity index (χ4n) is 1.29. The van der Waals surface area contributed by atoms with Crippen molar-refractivity contribution in [3.63, 3.8) is 0 Å². The lowest BCUT2D eigenvalue weighted by Crippen LogP contribution is -2.43. The predicted octanol–water partition coefficient (Wildman–Crippen LogP) is 0.983. The van der Waals surface area contributed by atoms with Crippen LogP contribution in [0.25, 0.3) is 0 Å². The second kappa shape index (κ2) is 3.21. The lowest BCUT2D eigenvalue weighted by atomic mass is 9.99. The van der Waals surface area contributed by atoms with E-state index in [4.69, 9.17) is 0 Å². The molecular formula is C8H14N2O2S. The van der Waals surface area contributed by atoms with Crippen molar-refractivity contribution in [2.75, 3.05) is 0 Å². The highest BCUT2D eigenvalue weighted by molar-refractivity contribution is 7.80. The number of thiol groups is 1. The third-order valence-corrected chi connectivity index (χ3v) is 2.60. The standard InChI is InChI=1S/C8H14N2O2S/c1-4-8(3)6(11)10(5(2)13)7(12)9-8/h5,13H,4H2,1-3H3,(H,9,12)/t5?,8-/m1/s1. The molecule has 0 saturated carbocycles. The minimum absolute atomic E-state index is 0.192. The number of imide groups is 1. The van der Waals surface area contributed by atoms with E-state index in [1.807, 2.05) is 6.92 Å². The summed E-state index contributed by atoms with van der Waals surface area (Å²) in [4.78, 5) is 24.2. The summed E-state index contributed by atoms with van der Waals surface area (Å²) in [5, 5.41) is 2.28. The van der Waals surface area contributed by atoms with Crippen LogP contribution < -0.4 is 5.32 Å². The molecule has 0 aromatic rings. The van der Waals surface area contributed by atoms with Crippen molar-refractivity contribution >= 4 is 24.6 Å². The van der Waals surface area contributed by atoms with Crippen molar-refractivity contribution in [2.24, 2.45) is 0 Å². The van der Waals surface area contributed by atoms with Crippen LogP contribution in [0.3, 0.4) is 0 Å². The second-order valence-corrected chi connectivity index (χ2v) is 4.17. The van der Waals surface area contributed by atoms with E-state index < -0.39 is 5.54 Å². The quantitative estimate of drug-likeness (QED) is 0.518. The molecule has 1 fully saturated rings. The summed E-state index contributed by atoms with van der Waals surface area (Å²) >= 11 is 4.07. The molecule has 1 aliphatic rings. The van der Waals surface area contributed by atoms with Crippen molar-refractivity contribution in [1.29, 1.82) is 0 Å². The van der Waals surface area contributed by atoms with Gasteiger partial charge in [-0.05, 0) is 20.3 Å². The summed E-state index contributed by atoms with van der Waals surface area (Å²) in [6.07, 6.45) is 0.592. The minimum Gasteiger partial charge on any atom is -0.323 e. The molecule has 1 rings (SSSR count). The van der Waals surface area contributed by atoms with Gasteiger partial charge in [0.1, 0.15) is 5.54 Å². The van der Waals surface area contributed by atoms with Gasteiger partial charge in [-0.3, -0.25) is 9.69 Å². The Morgan fingerprint density at radius 1 is 1.62 bits per heavy atom. The Kier molecular flexibility index (Phi) is 2.56. The molecule has 1 heterocycles. The number of nitrogens with one attached hydrogen (secondary N) is 1. The number of carbonyl (C=O) groups is 2. The average Bonchev–Trinajstić information content (AvgIpc) is 2.24. The fraction of sp³-hybridized carbons (Fsp3) is 0.750. The van der Waals surface area contributed by atoms with Gasteiger partial charge in [-0.1, -0.05) is 6.92 Å². The molecule has 0 aliphatic carbocycles. The normalized spacial score (nSPS) is 30.6. The monoisotopic (exact) mass is 202 g/mol. The van der Waals surface area contributed by atoms with Gasteiger partial charge in [-0.15, -0.1) is 0 Å². The van der Waals surface area contributed by atoms with Gasteiger partial charge in [0, 0.05) is 0 Å². The molecule has 1 unspecified atom stereocenters. The van der Waals surface area contributed by atoms with E-state index in [9.17, 15) is 9.59 Å². The number of rotatable bonds is 2. The van der Waals surface area contributed by atoms with Crippen molar-refractivity contribution in [1.82, 2.24) is 10.2 Å². The van der Waals surface area contributed by atoms with Crippen molar-refractivity contribution in [3.8, 4) is 0 Å². The number of hydrogen-bond donors (Lipinski definition) is 2. The zero-order valence-corrected chi connectivity index (χ0v) is 8.89. The first-order valence-corrected chi connectivity index (χ1v) is 4.78. The highest BCUT2D eigenvalue weighted by Gasteiger charge is 2.47. The average molecular weight is 202 g/mol. The number of urea groups is 1. The Bertz CT molecular complexity index is 255. The van der Waals surface area contributed by atoms with Gasteiger partial charge in [-0.2, -0.15) is 12.6 Å². The van der Waals surface area contributed by atoms with Crippen LogP contribution in [0.2, 0.25) is 0 Å². The van der Waals surface area contributed by atoms with Crippen LogP contribution in [0.1, 0.15) is 27.2 Å². The first kappa shape index (κ1) is 10.4. The van der Waals surface area contributed by atoms with Crippen LogP contribution in [-0.2, 0) is 4.79 Å². The third kappa shape index (κ3) is 1.52. The molecule has 74 valence electrons. The van der Waals surface area contributed by atoms with E-state index in [-0.39, 0.29) is 17.3 Å². The van der Waals surface area contributed by atoms with Crippen LogP contribution in [0, 0.1) is 0 Å². The van der Waals surface area contributed by atoms with Gasteiger partial charge >= 0.3 is 6.03 Å². The Balaban J connectivity index is 2.94. The molecule has 0 radical (unpaired) electrons. The molecule has 3 amide bonds. The highest BCUT2D eigenvalue weighted by Crippen LogP contribution is 2.23. The minimum atomic E-state index is -0.742. The Morgan fingerprint density at radius 3 is 2.38 bits per heavy atom. The molecule has 2 atom stereocenters. The molecule has 1 saturated heterocycles. The van der Waals surface area contributed by atoms with Gasteiger partial charge in [0.2, 0.25) is 0 Å². The highest BCUT2D eigenvalue weighted by atomic mass is 32.1. The fourth-order valence-corrected chi connectivity index (χ4v) is 1.50. The topological polar surface area (TPSA) is 49.4 Å². The third-order valence-electron chi connectivity index (χ3n) is 2.37. The Labute approximate surface area is 83.1 Å². The second-order valence-electron chi connectivity index (χ2n) is 3.42. The number of carbonyl (C=O) groups excluding carboxylic acids is 2. The maximum atomic E-state index is 11.7. The zero-order chi connectivity index (χ0) is 10.2. The molecule has 0 spiro atoms. The summed E-state index contributed by atoms with van der Waals surface area (Å²) in [5.41, 5.74) is -0.742. The maximum absolute atomic E-state index is 11.7. The van der Waals surface area contributed by atoms with Gasteiger partial charge in [0.15, 0.2) is 0 Å². The predicted molar refractivity (Wildman–Crippen MR) is 52.5 cm³/mol. The number of hydrogen-bond acceptors (Lipinski definition) is 3. The van der Waals surface area contributed by atoms with Crippen LogP contribution in [0.5, 0.6) is 0 Å². The lowest BCUT2D eigenvalue weighted by molar-refractivity contribution is -0.131. The summed E-state index contributed by atoms with van der Waals surface area (Å²) < 4.78 is 0. The first-order valence-electron chi connectivity index (χ1n) is 4.26. The van der Waals surface area contributed by atoms with Crippen LogP contribution in [0.15, 0.2) is 0 Å².